The Hall–Kier alpha value is -1.38. The summed E-state index contributed by atoms with van der Waals surface area (Å²) in [4.78, 5) is 4.07. The first-order valence-electron chi connectivity index (χ1n) is 7.65. The van der Waals surface area contributed by atoms with Gasteiger partial charge in [-0.3, -0.25) is 4.98 Å². The van der Waals surface area contributed by atoms with Crippen LogP contribution in [0.15, 0.2) is 42.7 Å². The smallest absolute Gasteiger partial charge is 0.0622 e. The van der Waals surface area contributed by atoms with Crippen LogP contribution < -0.4 is 5.32 Å². The molecule has 0 bridgehead atoms. The van der Waals surface area contributed by atoms with Crippen LogP contribution in [-0.2, 0) is 12.8 Å². The van der Waals surface area contributed by atoms with Gasteiger partial charge in [0.2, 0.25) is 0 Å². The number of aryl methyl sites for hydroxylation is 1. The summed E-state index contributed by atoms with van der Waals surface area (Å²) < 4.78 is 0. The maximum Gasteiger partial charge on any atom is 0.0622 e. The summed E-state index contributed by atoms with van der Waals surface area (Å²) >= 11 is 6.27. The topological polar surface area (TPSA) is 24.9 Å². The molecule has 21 heavy (non-hydrogen) atoms. The third-order valence-electron chi connectivity index (χ3n) is 3.73. The molecule has 0 aliphatic rings. The molecule has 0 fully saturated rings. The second kappa shape index (κ2) is 8.16. The van der Waals surface area contributed by atoms with Crippen LogP contribution in [0.25, 0.3) is 0 Å². The van der Waals surface area contributed by atoms with Crippen LogP contribution in [0, 0.1) is 0 Å². The molecule has 2 nitrogen and oxygen atoms in total. The number of benzene rings is 1. The normalized spacial score (nSPS) is 12.3. The van der Waals surface area contributed by atoms with Crippen LogP contribution in [-0.4, -0.2) is 11.5 Å². The molecular weight excluding hydrogens is 280 g/mol. The summed E-state index contributed by atoms with van der Waals surface area (Å²) in [6.07, 6.45) is 6.58. The lowest BCUT2D eigenvalue weighted by Gasteiger charge is -2.22. The molecule has 0 saturated carbocycles. The number of aromatic nitrogens is 1. The molecule has 1 heterocycles. The lowest BCUT2D eigenvalue weighted by atomic mass is 9.94. The van der Waals surface area contributed by atoms with Crippen molar-refractivity contribution in [2.24, 2.45) is 0 Å². The van der Waals surface area contributed by atoms with Crippen molar-refractivity contribution in [1.29, 1.82) is 0 Å². The van der Waals surface area contributed by atoms with Crippen LogP contribution in [0.4, 0.5) is 0 Å². The van der Waals surface area contributed by atoms with E-state index < -0.39 is 0 Å². The molecule has 1 unspecified atom stereocenters. The molecule has 0 spiro atoms. The molecule has 3 heteroatoms. The SMILES string of the molecule is CCCNC(Cc1ccncc1Cl)c1ccccc1CC. The molecule has 0 radical (unpaired) electrons. The summed E-state index contributed by atoms with van der Waals surface area (Å²) in [5.74, 6) is 0. The molecule has 1 aromatic carbocycles. The summed E-state index contributed by atoms with van der Waals surface area (Å²) in [5, 5.41) is 4.40. The van der Waals surface area contributed by atoms with E-state index in [-0.39, 0.29) is 0 Å². The number of pyridine rings is 1. The van der Waals surface area contributed by atoms with Gasteiger partial charge in [0, 0.05) is 18.4 Å². The fraction of sp³-hybridized carbons (Fsp3) is 0.389. The molecule has 0 amide bonds. The van der Waals surface area contributed by atoms with Gasteiger partial charge in [-0.15, -0.1) is 0 Å². The standard InChI is InChI=1S/C18H23ClN2/c1-3-10-21-18(12-15-9-11-20-13-17(15)19)16-8-6-5-7-14(16)4-2/h5-9,11,13,18,21H,3-4,10,12H2,1-2H3. The van der Waals surface area contributed by atoms with Crippen LogP contribution >= 0.6 is 11.6 Å². The van der Waals surface area contributed by atoms with Crippen molar-refractivity contribution in [3.05, 3.63) is 64.4 Å². The Kier molecular flexibility index (Phi) is 6.21. The van der Waals surface area contributed by atoms with Gasteiger partial charge in [-0.1, -0.05) is 49.7 Å². The lowest BCUT2D eigenvalue weighted by molar-refractivity contribution is 0.526. The summed E-state index contributed by atoms with van der Waals surface area (Å²) in [5.41, 5.74) is 3.92. The van der Waals surface area contributed by atoms with E-state index in [0.29, 0.717) is 6.04 Å². The number of nitrogens with one attached hydrogen (secondary N) is 1. The summed E-state index contributed by atoms with van der Waals surface area (Å²) in [6, 6.07) is 11.0. The molecule has 112 valence electrons. The summed E-state index contributed by atoms with van der Waals surface area (Å²) in [6.45, 7) is 5.40. The van der Waals surface area contributed by atoms with Crippen LogP contribution in [0.5, 0.6) is 0 Å². The Labute approximate surface area is 132 Å². The fourth-order valence-corrected chi connectivity index (χ4v) is 2.79. The van der Waals surface area contributed by atoms with Crippen molar-refractivity contribution < 1.29 is 0 Å². The highest BCUT2D eigenvalue weighted by Gasteiger charge is 2.15. The Bertz CT molecular complexity index is 569. The number of rotatable bonds is 7. The van der Waals surface area contributed by atoms with Crippen molar-refractivity contribution in [2.45, 2.75) is 39.2 Å². The average molecular weight is 303 g/mol. The van der Waals surface area contributed by atoms with Gasteiger partial charge in [0.15, 0.2) is 0 Å². The zero-order chi connectivity index (χ0) is 15.1. The van der Waals surface area contributed by atoms with E-state index in [1.54, 1.807) is 6.20 Å². The van der Waals surface area contributed by atoms with Crippen molar-refractivity contribution >= 4 is 11.6 Å². The fourth-order valence-electron chi connectivity index (χ4n) is 2.60. The molecule has 1 atom stereocenters. The number of hydrogen-bond acceptors (Lipinski definition) is 2. The second-order valence-corrected chi connectivity index (χ2v) is 5.64. The maximum atomic E-state index is 6.27. The summed E-state index contributed by atoms with van der Waals surface area (Å²) in [7, 11) is 0. The monoisotopic (exact) mass is 302 g/mol. The zero-order valence-corrected chi connectivity index (χ0v) is 13.5. The minimum absolute atomic E-state index is 0.293. The van der Waals surface area contributed by atoms with E-state index in [1.165, 1.54) is 11.1 Å². The number of halogens is 1. The van der Waals surface area contributed by atoms with Gasteiger partial charge in [0.1, 0.15) is 0 Å². The molecule has 0 aliphatic carbocycles. The molecule has 0 saturated heterocycles. The minimum Gasteiger partial charge on any atom is -0.310 e. The van der Waals surface area contributed by atoms with Gasteiger partial charge in [-0.25, -0.2) is 0 Å². The van der Waals surface area contributed by atoms with Crippen LogP contribution in [0.2, 0.25) is 5.02 Å². The lowest BCUT2D eigenvalue weighted by Crippen LogP contribution is -2.25. The Balaban J connectivity index is 2.28. The number of hydrogen-bond donors (Lipinski definition) is 1. The van der Waals surface area contributed by atoms with E-state index in [1.807, 2.05) is 12.3 Å². The van der Waals surface area contributed by atoms with E-state index in [2.05, 4.69) is 48.4 Å². The first-order valence-corrected chi connectivity index (χ1v) is 8.03. The highest BCUT2D eigenvalue weighted by atomic mass is 35.5. The van der Waals surface area contributed by atoms with Gasteiger partial charge in [-0.2, -0.15) is 0 Å². The van der Waals surface area contributed by atoms with E-state index >= 15 is 0 Å². The van der Waals surface area contributed by atoms with Gasteiger partial charge in [-0.05, 0) is 48.6 Å². The van der Waals surface area contributed by atoms with Gasteiger partial charge in [0.05, 0.1) is 5.02 Å². The maximum absolute atomic E-state index is 6.27. The van der Waals surface area contributed by atoms with Crippen LogP contribution in [0.1, 0.15) is 43.0 Å². The largest absolute Gasteiger partial charge is 0.310 e. The van der Waals surface area contributed by atoms with E-state index in [4.69, 9.17) is 11.6 Å². The highest BCUT2D eigenvalue weighted by molar-refractivity contribution is 6.31. The first-order chi connectivity index (χ1) is 10.3. The van der Waals surface area contributed by atoms with Crippen molar-refractivity contribution in [1.82, 2.24) is 10.3 Å². The zero-order valence-electron chi connectivity index (χ0n) is 12.8. The van der Waals surface area contributed by atoms with E-state index in [0.717, 1.165) is 36.4 Å². The molecule has 2 aromatic rings. The Morgan fingerprint density at radius 2 is 1.95 bits per heavy atom. The number of nitrogens with zero attached hydrogens (tertiary/aromatic N) is 1. The quantitative estimate of drug-likeness (QED) is 0.809. The van der Waals surface area contributed by atoms with Gasteiger partial charge in [0.25, 0.3) is 0 Å². The first kappa shape index (κ1) is 16.0. The van der Waals surface area contributed by atoms with E-state index in [9.17, 15) is 0 Å². The van der Waals surface area contributed by atoms with Gasteiger partial charge < -0.3 is 5.32 Å². The predicted octanol–water partition coefficient (Wildman–Crippen LogP) is 4.58. The third-order valence-corrected chi connectivity index (χ3v) is 4.07. The van der Waals surface area contributed by atoms with Crippen molar-refractivity contribution in [3.63, 3.8) is 0 Å². The Morgan fingerprint density at radius 1 is 1.14 bits per heavy atom. The third kappa shape index (κ3) is 4.29. The molecular formula is C18H23ClN2. The minimum atomic E-state index is 0.293. The Morgan fingerprint density at radius 3 is 2.67 bits per heavy atom. The van der Waals surface area contributed by atoms with Crippen LogP contribution in [0.3, 0.4) is 0 Å². The van der Waals surface area contributed by atoms with Crippen molar-refractivity contribution in [3.8, 4) is 0 Å². The molecule has 0 aliphatic heterocycles. The van der Waals surface area contributed by atoms with Gasteiger partial charge >= 0.3 is 0 Å². The molecule has 1 N–H and O–H groups in total. The highest BCUT2D eigenvalue weighted by Crippen LogP contribution is 2.25. The molecule has 1 aromatic heterocycles. The second-order valence-electron chi connectivity index (χ2n) is 5.23. The average Bonchev–Trinajstić information content (AvgIpc) is 2.53. The molecule has 2 rings (SSSR count). The van der Waals surface area contributed by atoms with Crippen molar-refractivity contribution in [2.75, 3.05) is 6.54 Å². The predicted molar refractivity (Wildman–Crippen MR) is 89.8 cm³/mol.